The maximum atomic E-state index is 3.45. The zero-order valence-corrected chi connectivity index (χ0v) is 12.5. The minimum Gasteiger partial charge on any atom is -0.153 e. The van der Waals surface area contributed by atoms with Gasteiger partial charge in [-0.2, -0.15) is 11.8 Å². The van der Waals surface area contributed by atoms with Gasteiger partial charge < -0.3 is 0 Å². The predicted molar refractivity (Wildman–Crippen MR) is 85.8 cm³/mol. The molecular weight excluding hydrogens is 304 g/mol. The van der Waals surface area contributed by atoms with Crippen molar-refractivity contribution >= 4 is 33.8 Å². The summed E-state index contributed by atoms with van der Waals surface area (Å²) in [7, 11) is 0. The maximum Gasteiger partial charge on any atom is 0.0187 e. The molecule has 2 aromatic rings. The summed E-state index contributed by atoms with van der Waals surface area (Å²) >= 11 is 5.38. The van der Waals surface area contributed by atoms with Crippen LogP contribution >= 0.6 is 27.7 Å². The average Bonchev–Trinajstić information content (AvgIpc) is 2.42. The molecule has 0 saturated heterocycles. The number of halogens is 1. The molecule has 0 fully saturated rings. The van der Waals surface area contributed by atoms with Crippen molar-refractivity contribution < 1.29 is 0 Å². The fourth-order valence-electron chi connectivity index (χ4n) is 1.57. The molecule has 0 saturated carbocycles. The van der Waals surface area contributed by atoms with Gasteiger partial charge in [0.1, 0.15) is 0 Å². The first-order valence-electron chi connectivity index (χ1n) is 5.88. The Bertz CT molecular complexity index is 488. The van der Waals surface area contributed by atoms with Crippen LogP contribution in [0.25, 0.3) is 6.08 Å². The zero-order valence-electron chi connectivity index (χ0n) is 10.1. The zero-order chi connectivity index (χ0) is 12.6. The van der Waals surface area contributed by atoms with E-state index in [0.29, 0.717) is 0 Å². The van der Waals surface area contributed by atoms with Gasteiger partial charge in [-0.05, 0) is 23.3 Å². The Hall–Kier alpha value is -0.990. The third-order valence-corrected chi connectivity index (χ3v) is 4.00. The summed E-state index contributed by atoms with van der Waals surface area (Å²) in [6.07, 6.45) is 4.40. The Morgan fingerprint density at radius 1 is 0.944 bits per heavy atom. The Kier molecular flexibility index (Phi) is 5.56. The van der Waals surface area contributed by atoms with Gasteiger partial charge in [-0.3, -0.25) is 0 Å². The van der Waals surface area contributed by atoms with E-state index in [1.165, 1.54) is 11.1 Å². The summed E-state index contributed by atoms with van der Waals surface area (Å²) in [6, 6.07) is 18.9. The molecule has 0 unspecified atom stereocenters. The van der Waals surface area contributed by atoms with Gasteiger partial charge >= 0.3 is 0 Å². The highest BCUT2D eigenvalue weighted by molar-refractivity contribution is 9.10. The number of rotatable bonds is 5. The van der Waals surface area contributed by atoms with Crippen molar-refractivity contribution in [2.75, 3.05) is 5.75 Å². The molecule has 0 amide bonds. The lowest BCUT2D eigenvalue weighted by Crippen LogP contribution is -1.80. The summed E-state index contributed by atoms with van der Waals surface area (Å²) in [5, 5.41) is 0. The Labute approximate surface area is 121 Å². The molecule has 2 heteroatoms. The molecule has 0 spiro atoms. The average molecular weight is 319 g/mol. The Morgan fingerprint density at radius 2 is 1.67 bits per heavy atom. The van der Waals surface area contributed by atoms with Crippen LogP contribution in [0.1, 0.15) is 11.1 Å². The van der Waals surface area contributed by atoms with E-state index in [2.05, 4.69) is 76.6 Å². The monoisotopic (exact) mass is 318 g/mol. The number of hydrogen-bond donors (Lipinski definition) is 0. The normalized spacial score (nSPS) is 10.9. The van der Waals surface area contributed by atoms with Crippen LogP contribution in [-0.2, 0) is 5.75 Å². The van der Waals surface area contributed by atoms with Crippen molar-refractivity contribution in [3.8, 4) is 0 Å². The number of thioether (sulfide) groups is 1. The van der Waals surface area contributed by atoms with E-state index in [1.54, 1.807) is 0 Å². The molecule has 2 rings (SSSR count). The van der Waals surface area contributed by atoms with Gasteiger partial charge in [0.2, 0.25) is 0 Å². The molecule has 0 radical (unpaired) electrons. The molecule has 0 N–H and O–H groups in total. The van der Waals surface area contributed by atoms with E-state index in [9.17, 15) is 0 Å². The third kappa shape index (κ3) is 4.71. The molecule has 0 aliphatic carbocycles. The molecular formula is C16H15BrS. The second-order valence-corrected chi connectivity index (χ2v) is 5.90. The summed E-state index contributed by atoms with van der Waals surface area (Å²) in [6.45, 7) is 0. The molecule has 0 aromatic heterocycles. The second kappa shape index (κ2) is 7.45. The van der Waals surface area contributed by atoms with Crippen LogP contribution in [-0.4, -0.2) is 5.75 Å². The van der Waals surface area contributed by atoms with Crippen LogP contribution in [0.2, 0.25) is 0 Å². The SMILES string of the molecule is Brc1ccc(CSC/C=C/c2ccccc2)cc1. The van der Waals surface area contributed by atoms with E-state index < -0.39 is 0 Å². The van der Waals surface area contributed by atoms with E-state index >= 15 is 0 Å². The standard InChI is InChI=1S/C16H15BrS/c17-16-10-8-15(9-11-16)13-18-12-4-7-14-5-2-1-3-6-14/h1-11H,12-13H2/b7-4+. The van der Waals surface area contributed by atoms with Crippen molar-refractivity contribution in [2.45, 2.75) is 5.75 Å². The first-order valence-corrected chi connectivity index (χ1v) is 7.83. The van der Waals surface area contributed by atoms with Crippen molar-refractivity contribution in [2.24, 2.45) is 0 Å². The lowest BCUT2D eigenvalue weighted by molar-refractivity contribution is 1.40. The summed E-state index contributed by atoms with van der Waals surface area (Å²) in [5.41, 5.74) is 2.64. The molecule has 0 heterocycles. The Morgan fingerprint density at radius 3 is 2.39 bits per heavy atom. The molecule has 92 valence electrons. The fourth-order valence-corrected chi connectivity index (χ4v) is 2.62. The number of benzene rings is 2. The molecule has 0 bridgehead atoms. The lowest BCUT2D eigenvalue weighted by Gasteiger charge is -1.99. The molecule has 0 atom stereocenters. The molecule has 18 heavy (non-hydrogen) atoms. The third-order valence-electron chi connectivity index (χ3n) is 2.51. The van der Waals surface area contributed by atoms with Crippen molar-refractivity contribution in [1.82, 2.24) is 0 Å². The second-order valence-electron chi connectivity index (χ2n) is 3.95. The minimum atomic E-state index is 1.05. The van der Waals surface area contributed by atoms with Gasteiger partial charge in [-0.15, -0.1) is 0 Å². The van der Waals surface area contributed by atoms with Crippen molar-refractivity contribution in [3.63, 3.8) is 0 Å². The van der Waals surface area contributed by atoms with Crippen molar-refractivity contribution in [3.05, 3.63) is 76.3 Å². The first-order chi connectivity index (χ1) is 8.84. The summed E-state index contributed by atoms with van der Waals surface area (Å²) < 4.78 is 1.14. The van der Waals surface area contributed by atoms with Gasteiger partial charge in [0.15, 0.2) is 0 Å². The summed E-state index contributed by atoms with van der Waals surface area (Å²) in [5.74, 6) is 2.11. The highest BCUT2D eigenvalue weighted by Gasteiger charge is 1.92. The molecule has 0 aliphatic rings. The highest BCUT2D eigenvalue weighted by atomic mass is 79.9. The van der Waals surface area contributed by atoms with Gasteiger partial charge in [-0.1, -0.05) is 70.5 Å². The molecule has 0 nitrogen and oxygen atoms in total. The lowest BCUT2D eigenvalue weighted by atomic mass is 10.2. The van der Waals surface area contributed by atoms with Crippen LogP contribution < -0.4 is 0 Å². The number of hydrogen-bond acceptors (Lipinski definition) is 1. The van der Waals surface area contributed by atoms with E-state index in [1.807, 2.05) is 17.8 Å². The topological polar surface area (TPSA) is 0 Å². The van der Waals surface area contributed by atoms with Crippen LogP contribution in [0.15, 0.2) is 65.1 Å². The quantitative estimate of drug-likeness (QED) is 0.665. The van der Waals surface area contributed by atoms with Crippen LogP contribution in [0, 0.1) is 0 Å². The Balaban J connectivity index is 1.73. The predicted octanol–water partition coefficient (Wildman–Crippen LogP) is 5.40. The summed E-state index contributed by atoms with van der Waals surface area (Å²) in [4.78, 5) is 0. The van der Waals surface area contributed by atoms with Gasteiger partial charge in [0.25, 0.3) is 0 Å². The van der Waals surface area contributed by atoms with E-state index in [0.717, 1.165) is 16.0 Å². The smallest absolute Gasteiger partial charge is 0.0187 e. The fraction of sp³-hybridized carbons (Fsp3) is 0.125. The highest BCUT2D eigenvalue weighted by Crippen LogP contribution is 2.16. The van der Waals surface area contributed by atoms with E-state index in [4.69, 9.17) is 0 Å². The minimum absolute atomic E-state index is 1.05. The first kappa shape index (κ1) is 13.4. The molecule has 0 aliphatic heterocycles. The van der Waals surface area contributed by atoms with Crippen molar-refractivity contribution in [1.29, 1.82) is 0 Å². The van der Waals surface area contributed by atoms with Gasteiger partial charge in [0, 0.05) is 16.0 Å². The molecule has 2 aromatic carbocycles. The van der Waals surface area contributed by atoms with Crippen LogP contribution in [0.3, 0.4) is 0 Å². The van der Waals surface area contributed by atoms with Gasteiger partial charge in [0.05, 0.1) is 0 Å². The largest absolute Gasteiger partial charge is 0.153 e. The van der Waals surface area contributed by atoms with Crippen LogP contribution in [0.5, 0.6) is 0 Å². The van der Waals surface area contributed by atoms with E-state index in [-0.39, 0.29) is 0 Å². The van der Waals surface area contributed by atoms with Crippen LogP contribution in [0.4, 0.5) is 0 Å². The van der Waals surface area contributed by atoms with Gasteiger partial charge in [-0.25, -0.2) is 0 Å². The maximum absolute atomic E-state index is 3.45.